The van der Waals surface area contributed by atoms with Crippen LogP contribution in [0.3, 0.4) is 0 Å². The highest BCUT2D eigenvalue weighted by Gasteiger charge is 2.10. The Morgan fingerprint density at radius 1 is 1.00 bits per heavy atom. The molecule has 0 unspecified atom stereocenters. The molecule has 0 saturated heterocycles. The summed E-state index contributed by atoms with van der Waals surface area (Å²) < 4.78 is 0. The largest absolute Gasteiger partial charge is 0.380 e. The van der Waals surface area contributed by atoms with E-state index in [0.29, 0.717) is 10.6 Å². The summed E-state index contributed by atoms with van der Waals surface area (Å²) in [7, 11) is 0. The molecule has 0 bridgehead atoms. The number of benzene rings is 2. The predicted molar refractivity (Wildman–Crippen MR) is 79.0 cm³/mol. The van der Waals surface area contributed by atoms with Crippen molar-refractivity contribution in [1.29, 1.82) is 0 Å². The highest BCUT2D eigenvalue weighted by atomic mass is 35.5. The first-order chi connectivity index (χ1) is 9.58. The maximum absolute atomic E-state index is 11.8. The van der Waals surface area contributed by atoms with Gasteiger partial charge in [0.1, 0.15) is 0 Å². The third kappa shape index (κ3) is 3.50. The van der Waals surface area contributed by atoms with Crippen LogP contribution in [0.4, 0.5) is 0 Å². The molecule has 20 heavy (non-hydrogen) atoms. The van der Waals surface area contributed by atoms with Crippen LogP contribution in [0.1, 0.15) is 15.9 Å². The lowest BCUT2D eigenvalue weighted by Gasteiger charge is -2.02. The molecule has 0 heterocycles. The standard InChI is InChI=1S/C14H10Cl2N2O2/c15-11-7-6-10(8-12(11)16)14(19)20-18-13(17)9-4-2-1-3-5-9/h1-8H,(H2,17,18). The fraction of sp³-hybridized carbons (Fsp3) is 0. The average Bonchev–Trinajstić information content (AvgIpc) is 2.48. The molecule has 2 N–H and O–H groups in total. The van der Waals surface area contributed by atoms with Crippen LogP contribution < -0.4 is 5.73 Å². The second-order valence-electron chi connectivity index (χ2n) is 3.85. The summed E-state index contributed by atoms with van der Waals surface area (Å²) in [6.07, 6.45) is 0. The van der Waals surface area contributed by atoms with Gasteiger partial charge in [0, 0.05) is 5.56 Å². The van der Waals surface area contributed by atoms with Gasteiger partial charge in [0.15, 0.2) is 5.84 Å². The van der Waals surface area contributed by atoms with E-state index in [-0.39, 0.29) is 16.4 Å². The van der Waals surface area contributed by atoms with E-state index in [9.17, 15) is 4.79 Å². The van der Waals surface area contributed by atoms with Crippen molar-refractivity contribution in [3.8, 4) is 0 Å². The summed E-state index contributed by atoms with van der Waals surface area (Å²) in [4.78, 5) is 16.5. The lowest BCUT2D eigenvalue weighted by atomic mass is 10.2. The second kappa shape index (κ2) is 6.41. The molecule has 102 valence electrons. The van der Waals surface area contributed by atoms with Gasteiger partial charge >= 0.3 is 5.97 Å². The second-order valence-corrected chi connectivity index (χ2v) is 4.66. The highest BCUT2D eigenvalue weighted by Crippen LogP contribution is 2.22. The van der Waals surface area contributed by atoms with Crippen molar-refractivity contribution in [2.45, 2.75) is 0 Å². The van der Waals surface area contributed by atoms with Gasteiger partial charge in [-0.25, -0.2) is 4.79 Å². The molecule has 0 saturated carbocycles. The third-order valence-corrected chi connectivity index (χ3v) is 3.19. The third-order valence-electron chi connectivity index (χ3n) is 2.45. The van der Waals surface area contributed by atoms with Gasteiger partial charge in [-0.2, -0.15) is 0 Å². The molecular formula is C14H10Cl2N2O2. The zero-order chi connectivity index (χ0) is 14.5. The van der Waals surface area contributed by atoms with Gasteiger partial charge in [0.25, 0.3) is 0 Å². The molecule has 0 spiro atoms. The highest BCUT2D eigenvalue weighted by molar-refractivity contribution is 6.42. The van der Waals surface area contributed by atoms with Crippen LogP contribution in [-0.2, 0) is 4.84 Å². The first-order valence-corrected chi connectivity index (χ1v) is 6.39. The van der Waals surface area contributed by atoms with Gasteiger partial charge < -0.3 is 10.6 Å². The molecule has 2 aromatic rings. The van der Waals surface area contributed by atoms with Crippen molar-refractivity contribution in [3.63, 3.8) is 0 Å². The number of carbonyl (C=O) groups is 1. The smallest absolute Gasteiger partial charge is 0.365 e. The van der Waals surface area contributed by atoms with Crippen LogP contribution in [0.2, 0.25) is 10.0 Å². The molecule has 2 aromatic carbocycles. The lowest BCUT2D eigenvalue weighted by molar-refractivity contribution is 0.0516. The van der Waals surface area contributed by atoms with E-state index in [0.717, 1.165) is 0 Å². The Morgan fingerprint density at radius 2 is 1.70 bits per heavy atom. The monoisotopic (exact) mass is 308 g/mol. The quantitative estimate of drug-likeness (QED) is 0.408. The number of hydrogen-bond acceptors (Lipinski definition) is 3. The Bertz CT molecular complexity index is 657. The number of rotatable bonds is 3. The Kier molecular flexibility index (Phi) is 4.61. The Morgan fingerprint density at radius 3 is 2.35 bits per heavy atom. The number of halogens is 2. The Balaban J connectivity index is 2.10. The van der Waals surface area contributed by atoms with Gasteiger partial charge in [-0.1, -0.05) is 58.7 Å². The summed E-state index contributed by atoms with van der Waals surface area (Å²) in [5, 5.41) is 4.21. The van der Waals surface area contributed by atoms with E-state index in [2.05, 4.69) is 5.16 Å². The first-order valence-electron chi connectivity index (χ1n) is 5.63. The molecule has 0 radical (unpaired) electrons. The number of nitrogens with zero attached hydrogens (tertiary/aromatic N) is 1. The number of oxime groups is 1. The average molecular weight is 309 g/mol. The van der Waals surface area contributed by atoms with Crippen LogP contribution in [0.5, 0.6) is 0 Å². The summed E-state index contributed by atoms with van der Waals surface area (Å²) in [5.41, 5.74) is 6.60. The fourth-order valence-corrected chi connectivity index (χ4v) is 1.73. The molecule has 0 aliphatic rings. The molecule has 0 amide bonds. The molecule has 0 fully saturated rings. The predicted octanol–water partition coefficient (Wildman–Crippen LogP) is 3.47. The molecule has 0 atom stereocenters. The number of amidine groups is 1. The van der Waals surface area contributed by atoms with Gasteiger partial charge in [-0.3, -0.25) is 0 Å². The summed E-state index contributed by atoms with van der Waals surface area (Å²) in [5.74, 6) is -0.554. The molecule has 0 aliphatic carbocycles. The van der Waals surface area contributed by atoms with Crippen LogP contribution in [0, 0.1) is 0 Å². The van der Waals surface area contributed by atoms with Gasteiger partial charge in [-0.15, -0.1) is 0 Å². The van der Waals surface area contributed by atoms with Gasteiger partial charge in [-0.05, 0) is 18.2 Å². The molecular weight excluding hydrogens is 299 g/mol. The zero-order valence-corrected chi connectivity index (χ0v) is 11.7. The Labute approximate surface area is 125 Å². The normalized spacial score (nSPS) is 11.2. The van der Waals surface area contributed by atoms with Crippen molar-refractivity contribution in [1.82, 2.24) is 0 Å². The van der Waals surface area contributed by atoms with E-state index in [4.69, 9.17) is 33.8 Å². The minimum absolute atomic E-state index is 0.110. The van der Waals surface area contributed by atoms with Gasteiger partial charge in [0.05, 0.1) is 15.6 Å². The summed E-state index contributed by atoms with van der Waals surface area (Å²) >= 11 is 11.6. The minimum Gasteiger partial charge on any atom is -0.380 e. The topological polar surface area (TPSA) is 64.7 Å². The van der Waals surface area contributed by atoms with Crippen molar-refractivity contribution in [3.05, 3.63) is 69.7 Å². The molecule has 0 aromatic heterocycles. The van der Waals surface area contributed by atoms with E-state index in [1.165, 1.54) is 18.2 Å². The number of hydrogen-bond donors (Lipinski definition) is 1. The van der Waals surface area contributed by atoms with Crippen LogP contribution in [0.15, 0.2) is 53.7 Å². The maximum atomic E-state index is 11.8. The Hall–Kier alpha value is -2.04. The van der Waals surface area contributed by atoms with Crippen LogP contribution in [0.25, 0.3) is 0 Å². The van der Waals surface area contributed by atoms with Crippen molar-refractivity contribution in [2.24, 2.45) is 10.9 Å². The van der Waals surface area contributed by atoms with Crippen LogP contribution in [-0.4, -0.2) is 11.8 Å². The van der Waals surface area contributed by atoms with Gasteiger partial charge in [0.2, 0.25) is 0 Å². The van der Waals surface area contributed by atoms with Crippen molar-refractivity contribution in [2.75, 3.05) is 0 Å². The fourth-order valence-electron chi connectivity index (χ4n) is 1.43. The van der Waals surface area contributed by atoms with Crippen molar-refractivity contribution >= 4 is 35.0 Å². The van der Waals surface area contributed by atoms with E-state index in [1.807, 2.05) is 6.07 Å². The summed E-state index contributed by atoms with van der Waals surface area (Å²) in [6, 6.07) is 13.4. The SMILES string of the molecule is N/C(=N/OC(=O)c1ccc(Cl)c(Cl)c1)c1ccccc1. The minimum atomic E-state index is -0.664. The molecule has 4 nitrogen and oxygen atoms in total. The first kappa shape index (κ1) is 14.4. The zero-order valence-electron chi connectivity index (χ0n) is 10.2. The number of nitrogens with two attached hydrogens (primary N) is 1. The van der Waals surface area contributed by atoms with E-state index in [1.54, 1.807) is 24.3 Å². The molecule has 6 heteroatoms. The van der Waals surface area contributed by atoms with E-state index < -0.39 is 5.97 Å². The van der Waals surface area contributed by atoms with Crippen molar-refractivity contribution < 1.29 is 9.63 Å². The molecule has 0 aliphatic heterocycles. The summed E-state index contributed by atoms with van der Waals surface area (Å²) in [6.45, 7) is 0. The van der Waals surface area contributed by atoms with E-state index >= 15 is 0 Å². The van der Waals surface area contributed by atoms with Crippen LogP contribution >= 0.6 is 23.2 Å². The molecule has 2 rings (SSSR count). The maximum Gasteiger partial charge on any atom is 0.365 e. The number of carbonyl (C=O) groups excluding carboxylic acids is 1. The lowest BCUT2D eigenvalue weighted by Crippen LogP contribution is -2.15.